The van der Waals surface area contributed by atoms with Crippen molar-refractivity contribution < 1.29 is 9.59 Å². The Morgan fingerprint density at radius 2 is 1.80 bits per heavy atom. The molecule has 0 unspecified atom stereocenters. The first-order valence-corrected chi connectivity index (χ1v) is 9.85. The van der Waals surface area contributed by atoms with Crippen LogP contribution >= 0.6 is 22.9 Å². The maximum absolute atomic E-state index is 13.0. The Hall–Kier alpha value is -1.65. The maximum atomic E-state index is 13.0. The molecular formula is C20H22ClNO2S. The second-order valence-electron chi connectivity index (χ2n) is 6.62. The fourth-order valence-electron chi connectivity index (χ4n) is 3.56. The number of thiophene rings is 1. The fraction of sp³-hybridized carbons (Fsp3) is 0.400. The molecule has 1 aliphatic rings. The molecule has 0 aliphatic heterocycles. The predicted molar refractivity (Wildman–Crippen MR) is 103 cm³/mol. The number of hydrogen-bond donors (Lipinski definition) is 1. The van der Waals surface area contributed by atoms with Crippen LogP contribution in [0.4, 0.5) is 0 Å². The largest absolute Gasteiger partial charge is 0.355 e. The summed E-state index contributed by atoms with van der Waals surface area (Å²) in [5.41, 5.74) is 0.631. The van der Waals surface area contributed by atoms with Crippen LogP contribution in [-0.2, 0) is 16.6 Å². The number of carbonyl (C=O) groups is 2. The molecule has 132 valence electrons. The third kappa shape index (κ3) is 3.96. The van der Waals surface area contributed by atoms with Gasteiger partial charge in [-0.3, -0.25) is 9.59 Å². The summed E-state index contributed by atoms with van der Waals surface area (Å²) >= 11 is 7.50. The lowest BCUT2D eigenvalue weighted by molar-refractivity contribution is -0.126. The zero-order valence-corrected chi connectivity index (χ0v) is 15.9. The van der Waals surface area contributed by atoms with E-state index < -0.39 is 5.41 Å². The van der Waals surface area contributed by atoms with Crippen LogP contribution in [0.5, 0.6) is 0 Å². The lowest BCUT2D eigenvalue weighted by Crippen LogP contribution is -2.43. The zero-order valence-electron chi connectivity index (χ0n) is 14.3. The highest BCUT2D eigenvalue weighted by atomic mass is 35.5. The molecule has 0 radical (unpaired) electrons. The molecule has 0 saturated heterocycles. The summed E-state index contributed by atoms with van der Waals surface area (Å²) in [5.74, 6) is 0.198. The van der Waals surface area contributed by atoms with Crippen molar-refractivity contribution in [2.75, 3.05) is 6.54 Å². The smallest absolute Gasteiger partial charge is 0.230 e. The van der Waals surface area contributed by atoms with Gasteiger partial charge in [0, 0.05) is 16.4 Å². The van der Waals surface area contributed by atoms with Crippen LogP contribution in [0.25, 0.3) is 0 Å². The van der Waals surface area contributed by atoms with E-state index in [1.807, 2.05) is 36.4 Å². The number of rotatable bonds is 6. The minimum absolute atomic E-state index is 0.0907. The van der Waals surface area contributed by atoms with Gasteiger partial charge in [-0.15, -0.1) is 11.3 Å². The highest BCUT2D eigenvalue weighted by Crippen LogP contribution is 2.41. The number of halogens is 1. The quantitative estimate of drug-likeness (QED) is 0.739. The number of benzene rings is 1. The Bertz CT molecular complexity index is 760. The van der Waals surface area contributed by atoms with Crippen LogP contribution in [0.2, 0.25) is 5.02 Å². The molecule has 0 bridgehead atoms. The van der Waals surface area contributed by atoms with Crippen LogP contribution < -0.4 is 5.32 Å². The molecule has 25 heavy (non-hydrogen) atoms. The van der Waals surface area contributed by atoms with Crippen molar-refractivity contribution in [3.8, 4) is 0 Å². The molecule has 3 rings (SSSR count). The Balaban J connectivity index is 1.65. The van der Waals surface area contributed by atoms with E-state index in [1.165, 1.54) is 11.3 Å². The molecule has 1 heterocycles. The molecular weight excluding hydrogens is 354 g/mol. The molecule has 0 atom stereocenters. The van der Waals surface area contributed by atoms with E-state index in [4.69, 9.17) is 11.6 Å². The van der Waals surface area contributed by atoms with Gasteiger partial charge in [0.2, 0.25) is 5.91 Å². The van der Waals surface area contributed by atoms with Crippen molar-refractivity contribution in [2.45, 2.75) is 44.4 Å². The molecule has 3 nitrogen and oxygen atoms in total. The molecule has 1 aliphatic carbocycles. The third-order valence-electron chi connectivity index (χ3n) is 4.95. The lowest BCUT2D eigenvalue weighted by atomic mass is 9.78. The number of amides is 1. The first-order valence-electron chi connectivity index (χ1n) is 8.65. The third-order valence-corrected chi connectivity index (χ3v) is 6.45. The molecule has 1 saturated carbocycles. The standard InChI is InChI=1S/C20H22ClNO2S/c1-14(23)18-9-8-17(25-18)10-13-22-19(24)20(11-2-3-12-20)15-4-6-16(21)7-5-15/h4-9H,2-3,10-13H2,1H3,(H,22,24). The van der Waals surface area contributed by atoms with Crippen LogP contribution in [0.15, 0.2) is 36.4 Å². The fourth-order valence-corrected chi connectivity index (χ4v) is 4.59. The Morgan fingerprint density at radius 1 is 1.12 bits per heavy atom. The topological polar surface area (TPSA) is 46.2 Å². The van der Waals surface area contributed by atoms with Crippen LogP contribution in [0, 0.1) is 0 Å². The van der Waals surface area contributed by atoms with Crippen molar-refractivity contribution in [3.05, 3.63) is 56.7 Å². The van der Waals surface area contributed by atoms with Crippen LogP contribution in [-0.4, -0.2) is 18.2 Å². The second kappa shape index (κ2) is 7.71. The summed E-state index contributed by atoms with van der Waals surface area (Å²) in [6.07, 6.45) is 4.66. The van der Waals surface area contributed by atoms with E-state index in [9.17, 15) is 9.59 Å². The van der Waals surface area contributed by atoms with Gasteiger partial charge in [-0.1, -0.05) is 36.6 Å². The summed E-state index contributed by atoms with van der Waals surface area (Å²) in [5, 5.41) is 3.81. The molecule has 1 amide bonds. The van der Waals surface area contributed by atoms with Gasteiger partial charge in [0.15, 0.2) is 5.78 Å². The predicted octanol–water partition coefficient (Wildman–Crippen LogP) is 4.77. The second-order valence-corrected chi connectivity index (χ2v) is 8.23. The maximum Gasteiger partial charge on any atom is 0.230 e. The Morgan fingerprint density at radius 3 is 2.40 bits per heavy atom. The van der Waals surface area contributed by atoms with Crippen molar-refractivity contribution in [2.24, 2.45) is 0 Å². The molecule has 2 aromatic rings. The normalized spacial score (nSPS) is 15.9. The van der Waals surface area contributed by atoms with Crippen molar-refractivity contribution in [1.29, 1.82) is 0 Å². The molecule has 1 aromatic heterocycles. The van der Waals surface area contributed by atoms with Gasteiger partial charge in [-0.05, 0) is 56.0 Å². The monoisotopic (exact) mass is 375 g/mol. The summed E-state index contributed by atoms with van der Waals surface area (Å²) in [6.45, 7) is 2.17. The summed E-state index contributed by atoms with van der Waals surface area (Å²) < 4.78 is 0. The highest BCUT2D eigenvalue weighted by Gasteiger charge is 2.42. The van der Waals surface area contributed by atoms with Gasteiger partial charge >= 0.3 is 0 Å². The average Bonchev–Trinajstić information content (AvgIpc) is 3.25. The minimum atomic E-state index is -0.426. The number of Topliss-reactive ketones (excluding diaryl/α,β-unsaturated/α-hetero) is 1. The number of hydrogen-bond acceptors (Lipinski definition) is 3. The van der Waals surface area contributed by atoms with E-state index >= 15 is 0 Å². The molecule has 1 aromatic carbocycles. The average molecular weight is 376 g/mol. The Labute approximate surface area is 157 Å². The van der Waals surface area contributed by atoms with Gasteiger partial charge in [-0.2, -0.15) is 0 Å². The van der Waals surface area contributed by atoms with Crippen LogP contribution in [0.3, 0.4) is 0 Å². The van der Waals surface area contributed by atoms with Gasteiger partial charge in [0.25, 0.3) is 0 Å². The highest BCUT2D eigenvalue weighted by molar-refractivity contribution is 7.14. The van der Waals surface area contributed by atoms with Gasteiger partial charge < -0.3 is 5.32 Å². The summed E-state index contributed by atoms with van der Waals surface area (Å²) in [7, 11) is 0. The van der Waals surface area contributed by atoms with E-state index in [2.05, 4.69) is 5.32 Å². The van der Waals surface area contributed by atoms with E-state index in [0.717, 1.165) is 47.4 Å². The lowest BCUT2D eigenvalue weighted by Gasteiger charge is -2.28. The minimum Gasteiger partial charge on any atom is -0.355 e. The van der Waals surface area contributed by atoms with E-state index in [0.29, 0.717) is 11.6 Å². The van der Waals surface area contributed by atoms with Crippen LogP contribution in [0.1, 0.15) is 52.7 Å². The van der Waals surface area contributed by atoms with E-state index in [-0.39, 0.29) is 11.7 Å². The van der Waals surface area contributed by atoms with Crippen molar-refractivity contribution in [1.82, 2.24) is 5.32 Å². The van der Waals surface area contributed by atoms with Gasteiger partial charge in [0.05, 0.1) is 10.3 Å². The summed E-state index contributed by atoms with van der Waals surface area (Å²) in [4.78, 5) is 26.2. The van der Waals surface area contributed by atoms with Crippen molar-refractivity contribution in [3.63, 3.8) is 0 Å². The summed E-state index contributed by atoms with van der Waals surface area (Å²) in [6, 6.07) is 11.5. The molecule has 5 heteroatoms. The van der Waals surface area contributed by atoms with E-state index in [1.54, 1.807) is 6.92 Å². The SMILES string of the molecule is CC(=O)c1ccc(CCNC(=O)C2(c3ccc(Cl)cc3)CCCC2)s1. The molecule has 1 fully saturated rings. The zero-order chi connectivity index (χ0) is 17.9. The number of carbonyl (C=O) groups excluding carboxylic acids is 2. The Kier molecular flexibility index (Phi) is 5.60. The van der Waals surface area contributed by atoms with Gasteiger partial charge in [-0.25, -0.2) is 0 Å². The van der Waals surface area contributed by atoms with Crippen molar-refractivity contribution >= 4 is 34.6 Å². The first-order chi connectivity index (χ1) is 12.0. The molecule has 1 N–H and O–H groups in total. The molecule has 0 spiro atoms. The number of nitrogens with one attached hydrogen (secondary N) is 1. The number of ketones is 1. The van der Waals surface area contributed by atoms with Gasteiger partial charge in [0.1, 0.15) is 0 Å². The first kappa shape index (κ1) is 18.2.